The standard InChI is InChI=1S/C8H10S/c1-7(9)8-5-3-2-4-6-8/h2-7,9H,1H3/t7-/m0/s1. The molecule has 48 valence electrons. The van der Waals surface area contributed by atoms with Crippen molar-refractivity contribution in [1.82, 2.24) is 0 Å². The number of hydrogen-bond acceptors (Lipinski definition) is 1. The third kappa shape index (κ3) is 1.75. The molecule has 0 N–H and O–H groups in total. The van der Waals surface area contributed by atoms with Crippen LogP contribution >= 0.6 is 12.6 Å². The Morgan fingerprint density at radius 3 is 2.11 bits per heavy atom. The van der Waals surface area contributed by atoms with Crippen molar-refractivity contribution in [2.24, 2.45) is 0 Å². The summed E-state index contributed by atoms with van der Waals surface area (Å²) < 4.78 is 0. The molecule has 0 spiro atoms. The summed E-state index contributed by atoms with van der Waals surface area (Å²) in [6, 6.07) is 10.2. The van der Waals surface area contributed by atoms with Crippen LogP contribution in [-0.4, -0.2) is 0 Å². The molecular formula is C8H10S. The minimum atomic E-state index is 0.353. The summed E-state index contributed by atoms with van der Waals surface area (Å²) in [5.41, 5.74) is 1.28. The van der Waals surface area contributed by atoms with Gasteiger partial charge >= 0.3 is 0 Å². The predicted octanol–water partition coefficient (Wildman–Crippen LogP) is 2.68. The van der Waals surface area contributed by atoms with Gasteiger partial charge in [-0.2, -0.15) is 12.6 Å². The van der Waals surface area contributed by atoms with E-state index in [1.165, 1.54) is 5.56 Å². The first-order chi connectivity index (χ1) is 4.30. The molecule has 9 heavy (non-hydrogen) atoms. The molecule has 1 atom stereocenters. The molecule has 1 aromatic rings. The van der Waals surface area contributed by atoms with Crippen molar-refractivity contribution in [2.45, 2.75) is 12.2 Å². The highest BCUT2D eigenvalue weighted by molar-refractivity contribution is 7.80. The number of hydrogen-bond donors (Lipinski definition) is 1. The van der Waals surface area contributed by atoms with Gasteiger partial charge in [0.15, 0.2) is 0 Å². The van der Waals surface area contributed by atoms with Crippen molar-refractivity contribution < 1.29 is 0 Å². The summed E-state index contributed by atoms with van der Waals surface area (Å²) in [4.78, 5) is 0. The maximum absolute atomic E-state index is 4.29. The van der Waals surface area contributed by atoms with Crippen LogP contribution in [0.25, 0.3) is 0 Å². The predicted molar refractivity (Wildman–Crippen MR) is 43.8 cm³/mol. The van der Waals surface area contributed by atoms with E-state index in [-0.39, 0.29) is 0 Å². The molecule has 0 nitrogen and oxygen atoms in total. The zero-order chi connectivity index (χ0) is 6.69. The summed E-state index contributed by atoms with van der Waals surface area (Å²) in [5.74, 6) is 0. The summed E-state index contributed by atoms with van der Waals surface area (Å²) in [6.07, 6.45) is 0. The molecule has 0 radical (unpaired) electrons. The Kier molecular flexibility index (Phi) is 2.17. The van der Waals surface area contributed by atoms with E-state index in [1.807, 2.05) is 18.2 Å². The molecule has 0 fully saturated rings. The van der Waals surface area contributed by atoms with Crippen LogP contribution in [0.5, 0.6) is 0 Å². The van der Waals surface area contributed by atoms with E-state index in [0.29, 0.717) is 5.25 Å². The Morgan fingerprint density at radius 1 is 1.22 bits per heavy atom. The molecule has 0 saturated heterocycles. The van der Waals surface area contributed by atoms with Crippen LogP contribution < -0.4 is 0 Å². The lowest BCUT2D eigenvalue weighted by atomic mass is 10.2. The van der Waals surface area contributed by atoms with E-state index in [2.05, 4.69) is 31.7 Å². The first kappa shape index (κ1) is 6.69. The van der Waals surface area contributed by atoms with Crippen molar-refractivity contribution in [3.8, 4) is 0 Å². The van der Waals surface area contributed by atoms with Crippen LogP contribution in [0.4, 0.5) is 0 Å². The topological polar surface area (TPSA) is 0 Å². The third-order valence-electron chi connectivity index (χ3n) is 1.28. The molecule has 0 aliphatic carbocycles. The Morgan fingerprint density at radius 2 is 1.78 bits per heavy atom. The fraction of sp³-hybridized carbons (Fsp3) is 0.250. The average Bonchev–Trinajstić information content (AvgIpc) is 1.90. The van der Waals surface area contributed by atoms with Gasteiger partial charge in [0.05, 0.1) is 0 Å². The molecule has 0 amide bonds. The van der Waals surface area contributed by atoms with Crippen LogP contribution in [0, 0.1) is 0 Å². The maximum Gasteiger partial charge on any atom is 0.0238 e. The number of rotatable bonds is 1. The second-order valence-corrected chi connectivity index (χ2v) is 2.86. The van der Waals surface area contributed by atoms with Gasteiger partial charge in [-0.1, -0.05) is 30.3 Å². The van der Waals surface area contributed by atoms with Gasteiger partial charge in [-0.15, -0.1) is 0 Å². The molecule has 0 bridgehead atoms. The highest BCUT2D eigenvalue weighted by atomic mass is 32.1. The van der Waals surface area contributed by atoms with E-state index in [1.54, 1.807) is 0 Å². The fourth-order valence-electron chi connectivity index (χ4n) is 0.732. The molecule has 1 rings (SSSR count). The van der Waals surface area contributed by atoms with Crippen molar-refractivity contribution >= 4 is 12.6 Å². The van der Waals surface area contributed by atoms with Crippen LogP contribution in [0.2, 0.25) is 0 Å². The van der Waals surface area contributed by atoms with E-state index in [9.17, 15) is 0 Å². The van der Waals surface area contributed by atoms with Crippen molar-refractivity contribution in [1.29, 1.82) is 0 Å². The largest absolute Gasteiger partial charge is 0.171 e. The van der Waals surface area contributed by atoms with Gasteiger partial charge in [-0.25, -0.2) is 0 Å². The summed E-state index contributed by atoms with van der Waals surface area (Å²) >= 11 is 4.29. The van der Waals surface area contributed by atoms with Gasteiger partial charge in [0.25, 0.3) is 0 Å². The molecule has 0 saturated carbocycles. The normalized spacial score (nSPS) is 13.1. The van der Waals surface area contributed by atoms with E-state index in [4.69, 9.17) is 0 Å². The van der Waals surface area contributed by atoms with Crippen molar-refractivity contribution in [3.05, 3.63) is 35.9 Å². The highest BCUT2D eigenvalue weighted by Gasteiger charge is 1.94. The van der Waals surface area contributed by atoms with Gasteiger partial charge in [0.1, 0.15) is 0 Å². The molecule has 0 heterocycles. The van der Waals surface area contributed by atoms with E-state index < -0.39 is 0 Å². The van der Waals surface area contributed by atoms with Crippen LogP contribution in [0.15, 0.2) is 30.3 Å². The van der Waals surface area contributed by atoms with E-state index >= 15 is 0 Å². The molecule has 1 heteroatoms. The first-order valence-corrected chi connectivity index (χ1v) is 3.55. The molecule has 0 aromatic heterocycles. The van der Waals surface area contributed by atoms with Gasteiger partial charge in [0, 0.05) is 5.25 Å². The zero-order valence-corrected chi connectivity index (χ0v) is 6.31. The Hall–Kier alpha value is -0.430. The smallest absolute Gasteiger partial charge is 0.0238 e. The quantitative estimate of drug-likeness (QED) is 0.567. The fourth-order valence-corrected chi connectivity index (χ4v) is 0.904. The van der Waals surface area contributed by atoms with Gasteiger partial charge in [0.2, 0.25) is 0 Å². The Balaban J connectivity index is 2.85. The Bertz CT molecular complexity index is 167. The lowest BCUT2D eigenvalue weighted by molar-refractivity contribution is 1.11. The number of benzene rings is 1. The Labute approximate surface area is 61.3 Å². The molecule has 0 aliphatic rings. The summed E-state index contributed by atoms with van der Waals surface area (Å²) in [6.45, 7) is 2.07. The van der Waals surface area contributed by atoms with Crippen LogP contribution in [0.3, 0.4) is 0 Å². The van der Waals surface area contributed by atoms with Crippen LogP contribution in [0.1, 0.15) is 17.7 Å². The van der Waals surface area contributed by atoms with Crippen LogP contribution in [-0.2, 0) is 0 Å². The van der Waals surface area contributed by atoms with Crippen molar-refractivity contribution in [3.63, 3.8) is 0 Å². The minimum Gasteiger partial charge on any atom is -0.171 e. The first-order valence-electron chi connectivity index (χ1n) is 3.03. The summed E-state index contributed by atoms with van der Waals surface area (Å²) in [7, 11) is 0. The second-order valence-electron chi connectivity index (χ2n) is 2.09. The molecule has 1 aromatic carbocycles. The lowest BCUT2D eigenvalue weighted by Gasteiger charge is -2.00. The highest BCUT2D eigenvalue weighted by Crippen LogP contribution is 2.16. The lowest BCUT2D eigenvalue weighted by Crippen LogP contribution is -1.80. The molecule has 0 aliphatic heterocycles. The third-order valence-corrected chi connectivity index (χ3v) is 1.58. The zero-order valence-electron chi connectivity index (χ0n) is 5.41. The second kappa shape index (κ2) is 2.92. The van der Waals surface area contributed by atoms with Gasteiger partial charge in [-0.05, 0) is 12.5 Å². The van der Waals surface area contributed by atoms with E-state index in [0.717, 1.165) is 0 Å². The minimum absolute atomic E-state index is 0.353. The maximum atomic E-state index is 4.29. The molecular weight excluding hydrogens is 128 g/mol. The monoisotopic (exact) mass is 138 g/mol. The summed E-state index contributed by atoms with van der Waals surface area (Å²) in [5, 5.41) is 0.353. The SMILES string of the molecule is C[C@H](S)c1ccccc1. The van der Waals surface area contributed by atoms with Gasteiger partial charge in [-0.3, -0.25) is 0 Å². The van der Waals surface area contributed by atoms with Crippen molar-refractivity contribution in [2.75, 3.05) is 0 Å². The van der Waals surface area contributed by atoms with Gasteiger partial charge < -0.3 is 0 Å². The number of thiol groups is 1. The molecule has 0 unspecified atom stereocenters. The average molecular weight is 138 g/mol.